The Labute approximate surface area is 348 Å². The van der Waals surface area contributed by atoms with E-state index in [1.165, 1.54) is 32.6 Å². The maximum absolute atomic E-state index is 12.5. The quantitative estimate of drug-likeness (QED) is 0.0398. The van der Waals surface area contributed by atoms with Crippen molar-refractivity contribution in [3.63, 3.8) is 0 Å². The number of hydrogen-bond donors (Lipinski definition) is 9. The van der Waals surface area contributed by atoms with Gasteiger partial charge in [0.15, 0.2) is 0 Å². The number of carboxylic acids is 4. The summed E-state index contributed by atoms with van der Waals surface area (Å²) in [6.07, 6.45) is 14.7. The van der Waals surface area contributed by atoms with Crippen LogP contribution >= 0.6 is 0 Å². The molecule has 18 nitrogen and oxygen atoms in total. The molecule has 0 bridgehead atoms. The highest BCUT2D eigenvalue weighted by molar-refractivity contribution is 5.87. The summed E-state index contributed by atoms with van der Waals surface area (Å²) < 4.78 is 0. The lowest BCUT2D eigenvalue weighted by molar-refractivity contribution is -0.144. The van der Waals surface area contributed by atoms with Gasteiger partial charge in [-0.1, -0.05) is 77.0 Å². The molecule has 0 unspecified atom stereocenters. The standard InChI is InChI=1S/C41H71N5O13/c1-29(47)30(42-2)19-17-18-28-43-34(48)25-22-31(39(54)55)45-36(50)27-24-33(41(58)59)46-37(51)26-23-32(40(56)57)44-35(49)20-15-13-11-9-7-5-3-4-6-8-10-12-14-16-21-38(52)53/h30-33,42H,3-28H2,1-2H3,(H,43,48)(H,44,49)(H,45,50)(H,46,51)(H,52,53)(H,54,55)(H,56,57)(H,58,59)/t30-,31-,32-,33-/m0/s1. The molecule has 0 aliphatic rings. The van der Waals surface area contributed by atoms with Crippen LogP contribution < -0.4 is 26.6 Å². The van der Waals surface area contributed by atoms with Crippen LogP contribution in [0.25, 0.3) is 0 Å². The summed E-state index contributed by atoms with van der Waals surface area (Å²) in [6.45, 7) is 1.82. The summed E-state index contributed by atoms with van der Waals surface area (Å²) in [6, 6.07) is -4.57. The van der Waals surface area contributed by atoms with Gasteiger partial charge in [0.2, 0.25) is 23.6 Å². The molecule has 9 N–H and O–H groups in total. The van der Waals surface area contributed by atoms with E-state index in [2.05, 4.69) is 26.6 Å². The first-order valence-corrected chi connectivity index (χ1v) is 21.3. The molecule has 59 heavy (non-hydrogen) atoms. The van der Waals surface area contributed by atoms with Crippen LogP contribution in [0.4, 0.5) is 0 Å². The first-order valence-electron chi connectivity index (χ1n) is 21.3. The molecule has 0 aromatic heterocycles. The summed E-state index contributed by atoms with van der Waals surface area (Å²) in [7, 11) is 1.69. The van der Waals surface area contributed by atoms with Gasteiger partial charge in [-0.2, -0.15) is 0 Å². The fourth-order valence-corrected chi connectivity index (χ4v) is 6.42. The van der Waals surface area contributed by atoms with Crippen LogP contribution in [-0.4, -0.2) is 111 Å². The number of nitrogens with one attached hydrogen (secondary N) is 5. The number of ketones is 1. The van der Waals surface area contributed by atoms with E-state index < -0.39 is 84.9 Å². The Hall–Kier alpha value is -4.61. The van der Waals surface area contributed by atoms with Crippen molar-refractivity contribution >= 4 is 53.3 Å². The van der Waals surface area contributed by atoms with E-state index in [4.69, 9.17) is 5.11 Å². The van der Waals surface area contributed by atoms with Crippen LogP contribution in [-0.2, 0) is 43.2 Å². The van der Waals surface area contributed by atoms with E-state index in [9.17, 15) is 58.5 Å². The van der Waals surface area contributed by atoms with Gasteiger partial charge in [0.25, 0.3) is 0 Å². The second-order valence-electron chi connectivity index (χ2n) is 15.1. The molecule has 18 heteroatoms. The summed E-state index contributed by atoms with van der Waals surface area (Å²) in [5.41, 5.74) is 0. The monoisotopic (exact) mass is 842 g/mol. The fraction of sp³-hybridized carbons (Fsp3) is 0.780. The lowest BCUT2D eigenvalue weighted by atomic mass is 10.0. The highest BCUT2D eigenvalue weighted by atomic mass is 16.4. The number of likely N-dealkylation sites (N-methyl/N-ethyl adjacent to an activating group) is 1. The van der Waals surface area contributed by atoms with Gasteiger partial charge in [-0.3, -0.25) is 28.8 Å². The third-order valence-corrected chi connectivity index (χ3v) is 10.0. The molecule has 4 amide bonds. The molecule has 0 fully saturated rings. The number of aliphatic carboxylic acids is 4. The average molecular weight is 842 g/mol. The molecular weight excluding hydrogens is 770 g/mol. The van der Waals surface area contributed by atoms with Gasteiger partial charge in [0, 0.05) is 38.6 Å². The molecule has 0 radical (unpaired) electrons. The molecule has 0 aromatic rings. The predicted molar refractivity (Wildman–Crippen MR) is 218 cm³/mol. The van der Waals surface area contributed by atoms with Crippen molar-refractivity contribution in [1.29, 1.82) is 0 Å². The zero-order valence-electron chi connectivity index (χ0n) is 35.2. The maximum atomic E-state index is 12.5. The first-order chi connectivity index (χ1) is 28.1. The van der Waals surface area contributed by atoms with Crippen LogP contribution in [0.1, 0.15) is 167 Å². The molecule has 0 heterocycles. The smallest absolute Gasteiger partial charge is 0.326 e. The lowest BCUT2D eigenvalue weighted by Crippen LogP contribution is -2.45. The minimum absolute atomic E-state index is 0.0185. The molecule has 338 valence electrons. The molecule has 4 atom stereocenters. The molecule has 0 saturated heterocycles. The Kier molecular flexibility index (Phi) is 31.6. The Morgan fingerprint density at radius 2 is 0.729 bits per heavy atom. The third-order valence-electron chi connectivity index (χ3n) is 10.0. The molecular formula is C41H71N5O13. The number of hydrogen-bond acceptors (Lipinski definition) is 10. The van der Waals surface area contributed by atoms with Gasteiger partial charge < -0.3 is 47.0 Å². The second-order valence-corrected chi connectivity index (χ2v) is 15.1. The van der Waals surface area contributed by atoms with E-state index in [-0.39, 0.29) is 43.9 Å². The zero-order chi connectivity index (χ0) is 44.4. The van der Waals surface area contributed by atoms with Crippen LogP contribution in [0.5, 0.6) is 0 Å². The highest BCUT2D eigenvalue weighted by Gasteiger charge is 2.26. The SMILES string of the molecule is CN[C@@H](CCCCNC(=O)CC[C@H](NC(=O)CC[C@H](NC(=O)CC[C@H](NC(=O)CCCCCCCCCCCCCCCCC(=O)O)C(=O)O)C(=O)O)C(=O)O)C(C)=O. The van der Waals surface area contributed by atoms with Crippen LogP contribution in [0.3, 0.4) is 0 Å². The van der Waals surface area contributed by atoms with Crippen molar-refractivity contribution < 1.29 is 63.6 Å². The number of amides is 4. The Balaban J connectivity index is 4.37. The first kappa shape index (κ1) is 54.4. The van der Waals surface area contributed by atoms with E-state index in [1.807, 2.05) is 0 Å². The van der Waals surface area contributed by atoms with E-state index in [0.717, 1.165) is 57.8 Å². The Bertz CT molecular complexity index is 1310. The topological polar surface area (TPSA) is 295 Å². The van der Waals surface area contributed by atoms with Gasteiger partial charge in [-0.15, -0.1) is 0 Å². The normalized spacial score (nSPS) is 13.0. The summed E-state index contributed by atoms with van der Waals surface area (Å²) >= 11 is 0. The average Bonchev–Trinajstić information content (AvgIpc) is 3.17. The molecule has 0 aromatic carbocycles. The van der Waals surface area contributed by atoms with Gasteiger partial charge in [-0.25, -0.2) is 14.4 Å². The van der Waals surface area contributed by atoms with E-state index in [1.54, 1.807) is 7.05 Å². The predicted octanol–water partition coefficient (Wildman–Crippen LogP) is 3.82. The van der Waals surface area contributed by atoms with Crippen molar-refractivity contribution in [1.82, 2.24) is 26.6 Å². The maximum Gasteiger partial charge on any atom is 0.326 e. The summed E-state index contributed by atoms with van der Waals surface area (Å²) in [5, 5.41) is 49.8. The molecule has 0 saturated carbocycles. The summed E-state index contributed by atoms with van der Waals surface area (Å²) in [4.78, 5) is 107. The number of unbranched alkanes of at least 4 members (excludes halogenated alkanes) is 14. The second kappa shape index (κ2) is 34.3. The van der Waals surface area contributed by atoms with Crippen molar-refractivity contribution in [3.05, 3.63) is 0 Å². The van der Waals surface area contributed by atoms with E-state index in [0.29, 0.717) is 32.2 Å². The number of carbonyl (C=O) groups excluding carboxylic acids is 5. The van der Waals surface area contributed by atoms with Gasteiger partial charge in [-0.05, 0) is 65.3 Å². The molecule has 0 aliphatic carbocycles. The van der Waals surface area contributed by atoms with Crippen molar-refractivity contribution in [2.24, 2.45) is 0 Å². The number of rotatable bonds is 39. The molecule has 0 rings (SSSR count). The van der Waals surface area contributed by atoms with Gasteiger partial charge >= 0.3 is 23.9 Å². The van der Waals surface area contributed by atoms with Crippen LogP contribution in [0.15, 0.2) is 0 Å². The number of Topliss-reactive ketones (excluding diaryl/α,β-unsaturated/α-hetero) is 1. The minimum Gasteiger partial charge on any atom is -0.481 e. The Morgan fingerprint density at radius 3 is 1.07 bits per heavy atom. The molecule has 0 aliphatic heterocycles. The van der Waals surface area contributed by atoms with Gasteiger partial charge in [0.1, 0.15) is 23.9 Å². The molecule has 0 spiro atoms. The van der Waals surface area contributed by atoms with Crippen molar-refractivity contribution in [3.8, 4) is 0 Å². The minimum atomic E-state index is -1.53. The van der Waals surface area contributed by atoms with Crippen molar-refractivity contribution in [2.45, 2.75) is 192 Å². The Morgan fingerprint density at radius 1 is 0.390 bits per heavy atom. The highest BCUT2D eigenvalue weighted by Crippen LogP contribution is 2.14. The van der Waals surface area contributed by atoms with Crippen LogP contribution in [0, 0.1) is 0 Å². The van der Waals surface area contributed by atoms with Gasteiger partial charge in [0.05, 0.1) is 6.04 Å². The van der Waals surface area contributed by atoms with E-state index >= 15 is 0 Å². The number of carbonyl (C=O) groups is 9. The number of carboxylic acid groups (broad SMARTS) is 4. The third kappa shape index (κ3) is 31.0. The fourth-order valence-electron chi connectivity index (χ4n) is 6.42. The van der Waals surface area contributed by atoms with Crippen LogP contribution in [0.2, 0.25) is 0 Å². The summed E-state index contributed by atoms with van der Waals surface area (Å²) in [5.74, 6) is -7.41. The largest absolute Gasteiger partial charge is 0.481 e. The van der Waals surface area contributed by atoms with Crippen molar-refractivity contribution in [2.75, 3.05) is 13.6 Å². The lowest BCUT2D eigenvalue weighted by Gasteiger charge is -2.18. The zero-order valence-corrected chi connectivity index (χ0v) is 35.2.